The molecule has 1 aromatic rings. The standard InChI is InChI=1S/C14H21NO5S/c1-5-10-20-11-6-8-12(9-7-11)21(18,19)15(4)14(2,3)13(16)17/h6-9H,5,10H2,1-4H3,(H,16,17). The van der Waals surface area contributed by atoms with Crippen LogP contribution in [0.25, 0.3) is 0 Å². The van der Waals surface area contributed by atoms with E-state index >= 15 is 0 Å². The molecule has 0 bridgehead atoms. The normalized spacial score (nSPS) is 12.4. The molecule has 6 nitrogen and oxygen atoms in total. The molecule has 1 aromatic carbocycles. The van der Waals surface area contributed by atoms with Crippen molar-refractivity contribution in [2.75, 3.05) is 13.7 Å². The van der Waals surface area contributed by atoms with Crippen molar-refractivity contribution in [1.29, 1.82) is 0 Å². The Labute approximate surface area is 125 Å². The molecule has 0 atom stereocenters. The molecule has 0 saturated heterocycles. The number of benzene rings is 1. The summed E-state index contributed by atoms with van der Waals surface area (Å²) in [5.74, 6) is -0.632. The maximum Gasteiger partial charge on any atom is 0.324 e. The molecule has 0 saturated carbocycles. The predicted molar refractivity (Wildman–Crippen MR) is 78.9 cm³/mol. The van der Waals surface area contributed by atoms with E-state index in [0.29, 0.717) is 12.4 Å². The number of ether oxygens (including phenoxy) is 1. The third-order valence-electron chi connectivity index (χ3n) is 3.27. The van der Waals surface area contributed by atoms with Crippen LogP contribution in [0.1, 0.15) is 27.2 Å². The molecule has 0 aromatic heterocycles. The molecule has 0 aliphatic heterocycles. The largest absolute Gasteiger partial charge is 0.494 e. The molecule has 7 heteroatoms. The van der Waals surface area contributed by atoms with Crippen LogP contribution in [-0.2, 0) is 14.8 Å². The van der Waals surface area contributed by atoms with E-state index in [9.17, 15) is 13.2 Å². The fraction of sp³-hybridized carbons (Fsp3) is 0.500. The zero-order valence-corrected chi connectivity index (χ0v) is 13.5. The van der Waals surface area contributed by atoms with Crippen LogP contribution in [0.5, 0.6) is 5.75 Å². The van der Waals surface area contributed by atoms with Crippen molar-refractivity contribution < 1.29 is 23.1 Å². The summed E-state index contributed by atoms with van der Waals surface area (Å²) in [6, 6.07) is 5.94. The highest BCUT2D eigenvalue weighted by Crippen LogP contribution is 2.24. The summed E-state index contributed by atoms with van der Waals surface area (Å²) < 4.78 is 31.1. The number of aliphatic carboxylic acids is 1. The van der Waals surface area contributed by atoms with E-state index in [1.54, 1.807) is 12.1 Å². The van der Waals surface area contributed by atoms with Gasteiger partial charge in [-0.15, -0.1) is 0 Å². The first kappa shape index (κ1) is 17.5. The maximum absolute atomic E-state index is 12.4. The Morgan fingerprint density at radius 3 is 2.24 bits per heavy atom. The summed E-state index contributed by atoms with van der Waals surface area (Å²) in [6.07, 6.45) is 0.857. The molecule has 1 N–H and O–H groups in total. The number of carboxylic acids is 1. The average Bonchev–Trinajstić information content (AvgIpc) is 2.44. The van der Waals surface area contributed by atoms with Crippen LogP contribution in [0.3, 0.4) is 0 Å². The maximum atomic E-state index is 12.4. The highest BCUT2D eigenvalue weighted by Gasteiger charge is 2.40. The van der Waals surface area contributed by atoms with Gasteiger partial charge in [-0.25, -0.2) is 8.42 Å². The molecule has 0 aliphatic rings. The zero-order valence-electron chi connectivity index (χ0n) is 12.7. The topological polar surface area (TPSA) is 83.9 Å². The van der Waals surface area contributed by atoms with Crippen LogP contribution in [0.15, 0.2) is 29.2 Å². The monoisotopic (exact) mass is 315 g/mol. The van der Waals surface area contributed by atoms with E-state index in [1.165, 1.54) is 33.0 Å². The van der Waals surface area contributed by atoms with E-state index in [4.69, 9.17) is 9.84 Å². The summed E-state index contributed by atoms with van der Waals surface area (Å²) in [7, 11) is -2.63. The Balaban J connectivity index is 3.05. The Hall–Kier alpha value is -1.60. The molecule has 0 unspecified atom stereocenters. The minimum absolute atomic E-state index is 0.0307. The summed E-state index contributed by atoms with van der Waals surface area (Å²) in [6.45, 7) is 5.21. The summed E-state index contributed by atoms with van der Waals surface area (Å²) >= 11 is 0. The number of likely N-dealkylation sites (N-methyl/N-ethyl adjacent to an activating group) is 1. The zero-order chi connectivity index (χ0) is 16.3. The van der Waals surface area contributed by atoms with Gasteiger partial charge in [-0.2, -0.15) is 4.31 Å². The van der Waals surface area contributed by atoms with Gasteiger partial charge >= 0.3 is 5.97 Å². The van der Waals surface area contributed by atoms with Gasteiger partial charge in [0.15, 0.2) is 0 Å². The number of sulfonamides is 1. The third kappa shape index (κ3) is 3.74. The first-order valence-corrected chi connectivity index (χ1v) is 8.03. The molecule has 118 valence electrons. The number of rotatable bonds is 7. The van der Waals surface area contributed by atoms with Gasteiger partial charge < -0.3 is 9.84 Å². The Morgan fingerprint density at radius 2 is 1.81 bits per heavy atom. The highest BCUT2D eigenvalue weighted by atomic mass is 32.2. The lowest BCUT2D eigenvalue weighted by Gasteiger charge is -2.30. The van der Waals surface area contributed by atoms with E-state index in [2.05, 4.69) is 0 Å². The quantitative estimate of drug-likeness (QED) is 0.831. The van der Waals surface area contributed by atoms with E-state index in [-0.39, 0.29) is 4.90 Å². The lowest BCUT2D eigenvalue weighted by Crippen LogP contribution is -2.50. The second kappa shape index (κ2) is 6.44. The fourth-order valence-corrected chi connectivity index (χ4v) is 3.00. The molecule has 0 fully saturated rings. The van der Waals surface area contributed by atoms with Crippen LogP contribution in [0, 0.1) is 0 Å². The lowest BCUT2D eigenvalue weighted by molar-refractivity contribution is -0.145. The van der Waals surface area contributed by atoms with Gasteiger partial charge in [0.1, 0.15) is 11.3 Å². The van der Waals surface area contributed by atoms with Crippen LogP contribution >= 0.6 is 0 Å². The molecule has 0 heterocycles. The van der Waals surface area contributed by atoms with E-state index in [1.807, 2.05) is 6.92 Å². The summed E-state index contributed by atoms with van der Waals surface area (Å²) in [4.78, 5) is 11.2. The molecule has 0 spiro atoms. The minimum Gasteiger partial charge on any atom is -0.494 e. The number of carboxylic acid groups (broad SMARTS) is 1. The molecule has 0 amide bonds. The minimum atomic E-state index is -3.88. The fourth-order valence-electron chi connectivity index (χ4n) is 1.52. The average molecular weight is 315 g/mol. The van der Waals surface area contributed by atoms with Crippen molar-refractivity contribution in [3.8, 4) is 5.75 Å². The third-order valence-corrected chi connectivity index (χ3v) is 5.31. The van der Waals surface area contributed by atoms with Crippen molar-refractivity contribution in [1.82, 2.24) is 4.31 Å². The van der Waals surface area contributed by atoms with Crippen molar-refractivity contribution in [3.05, 3.63) is 24.3 Å². The van der Waals surface area contributed by atoms with Gasteiger partial charge in [0.2, 0.25) is 10.0 Å². The second-order valence-electron chi connectivity index (χ2n) is 5.16. The number of hydrogen-bond acceptors (Lipinski definition) is 4. The van der Waals surface area contributed by atoms with Crippen molar-refractivity contribution in [2.24, 2.45) is 0 Å². The molecular formula is C14H21NO5S. The van der Waals surface area contributed by atoms with Crippen LogP contribution < -0.4 is 4.74 Å². The highest BCUT2D eigenvalue weighted by molar-refractivity contribution is 7.89. The van der Waals surface area contributed by atoms with Crippen molar-refractivity contribution >= 4 is 16.0 Å². The molecule has 0 aliphatic carbocycles. The number of hydrogen-bond donors (Lipinski definition) is 1. The Bertz CT molecular complexity index is 592. The number of nitrogens with zero attached hydrogens (tertiary/aromatic N) is 1. The van der Waals surface area contributed by atoms with Crippen molar-refractivity contribution in [2.45, 2.75) is 37.6 Å². The first-order valence-electron chi connectivity index (χ1n) is 6.59. The van der Waals surface area contributed by atoms with Crippen molar-refractivity contribution in [3.63, 3.8) is 0 Å². The van der Waals surface area contributed by atoms with Gasteiger partial charge in [0.25, 0.3) is 0 Å². The lowest BCUT2D eigenvalue weighted by atomic mass is 10.1. The SMILES string of the molecule is CCCOc1ccc(S(=O)(=O)N(C)C(C)(C)C(=O)O)cc1. The molecule has 21 heavy (non-hydrogen) atoms. The van der Waals surface area contributed by atoms with Crippen LogP contribution in [0.4, 0.5) is 0 Å². The molecule has 1 rings (SSSR count). The molecular weight excluding hydrogens is 294 g/mol. The van der Waals surface area contributed by atoms with E-state index in [0.717, 1.165) is 10.7 Å². The van der Waals surface area contributed by atoms with E-state index < -0.39 is 21.5 Å². The first-order chi connectivity index (χ1) is 9.64. The Morgan fingerprint density at radius 1 is 1.29 bits per heavy atom. The molecule has 0 radical (unpaired) electrons. The summed E-state index contributed by atoms with van der Waals surface area (Å²) in [5.41, 5.74) is -1.53. The Kier molecular flexibility index (Phi) is 5.36. The van der Waals surface area contributed by atoms with Gasteiger partial charge in [0.05, 0.1) is 11.5 Å². The van der Waals surface area contributed by atoms with Gasteiger partial charge in [-0.3, -0.25) is 4.79 Å². The predicted octanol–water partition coefficient (Wildman–Crippen LogP) is 1.96. The second-order valence-corrected chi connectivity index (χ2v) is 7.13. The van der Waals surface area contributed by atoms with Gasteiger partial charge in [0, 0.05) is 7.05 Å². The van der Waals surface area contributed by atoms with Gasteiger partial charge in [-0.05, 0) is 44.5 Å². The summed E-state index contributed by atoms with van der Waals surface area (Å²) in [5, 5.41) is 9.14. The number of carbonyl (C=O) groups is 1. The smallest absolute Gasteiger partial charge is 0.324 e. The van der Waals surface area contributed by atoms with Gasteiger partial charge in [-0.1, -0.05) is 6.92 Å². The van der Waals surface area contributed by atoms with Crippen LogP contribution in [0.2, 0.25) is 0 Å². The van der Waals surface area contributed by atoms with Crippen LogP contribution in [-0.4, -0.2) is 43.0 Å².